The average Bonchev–Trinajstić information content (AvgIpc) is 3.42. The summed E-state index contributed by atoms with van der Waals surface area (Å²) in [5.74, 6) is 0.412. The molecule has 31 heavy (non-hydrogen) atoms. The molecule has 0 unspecified atom stereocenters. The van der Waals surface area contributed by atoms with Crippen LogP contribution in [0.2, 0.25) is 5.02 Å². The molecule has 0 saturated carbocycles. The Hall–Kier alpha value is -3.45. The zero-order chi connectivity index (χ0) is 21.7. The standard InChI is InChI=1S/C23H19ClFN5O/c1-13-22(14(2)31-28-13)15-7-21-23(26-8-15)19(17-9-27-29(3)10-17)12-30(21)11-16-6-18(25)4-5-20(16)24/h4-10,12H,11H2,1-3H3. The van der Waals surface area contributed by atoms with E-state index in [1.165, 1.54) is 12.1 Å². The fourth-order valence-corrected chi connectivity index (χ4v) is 4.13. The highest BCUT2D eigenvalue weighted by Gasteiger charge is 2.18. The first-order valence-electron chi connectivity index (χ1n) is 9.76. The maximum Gasteiger partial charge on any atom is 0.141 e. The molecule has 0 radical (unpaired) electrons. The fourth-order valence-electron chi connectivity index (χ4n) is 3.95. The third-order valence-corrected chi connectivity index (χ3v) is 5.77. The number of fused-ring (bicyclic) bond motifs is 1. The van der Waals surface area contributed by atoms with Crippen molar-refractivity contribution in [2.75, 3.05) is 0 Å². The highest BCUT2D eigenvalue weighted by Crippen LogP contribution is 2.34. The summed E-state index contributed by atoms with van der Waals surface area (Å²) in [4.78, 5) is 4.77. The van der Waals surface area contributed by atoms with Crippen molar-refractivity contribution >= 4 is 22.6 Å². The van der Waals surface area contributed by atoms with E-state index in [1.807, 2.05) is 44.1 Å². The number of hydrogen-bond acceptors (Lipinski definition) is 4. The molecule has 0 N–H and O–H groups in total. The van der Waals surface area contributed by atoms with Crippen LogP contribution < -0.4 is 0 Å². The van der Waals surface area contributed by atoms with Gasteiger partial charge in [-0.1, -0.05) is 16.8 Å². The molecule has 0 spiro atoms. The van der Waals surface area contributed by atoms with E-state index in [4.69, 9.17) is 21.1 Å². The molecule has 0 bridgehead atoms. The van der Waals surface area contributed by atoms with Crippen molar-refractivity contribution in [2.24, 2.45) is 7.05 Å². The normalized spacial score (nSPS) is 11.5. The minimum atomic E-state index is -0.321. The second kappa shape index (κ2) is 7.35. The number of rotatable bonds is 4. The molecule has 0 amide bonds. The smallest absolute Gasteiger partial charge is 0.141 e. The van der Waals surface area contributed by atoms with Crippen LogP contribution in [0.3, 0.4) is 0 Å². The fraction of sp³-hybridized carbons (Fsp3) is 0.174. The first-order valence-corrected chi connectivity index (χ1v) is 10.1. The zero-order valence-electron chi connectivity index (χ0n) is 17.2. The van der Waals surface area contributed by atoms with Crippen LogP contribution in [-0.4, -0.2) is 24.5 Å². The van der Waals surface area contributed by atoms with Crippen LogP contribution in [0.4, 0.5) is 4.39 Å². The van der Waals surface area contributed by atoms with E-state index >= 15 is 0 Å². The summed E-state index contributed by atoms with van der Waals surface area (Å²) in [6.07, 6.45) is 7.58. The lowest BCUT2D eigenvalue weighted by Crippen LogP contribution is -2.00. The lowest BCUT2D eigenvalue weighted by atomic mass is 10.1. The quantitative estimate of drug-likeness (QED) is 0.371. The van der Waals surface area contributed by atoms with E-state index in [9.17, 15) is 4.39 Å². The van der Waals surface area contributed by atoms with Crippen molar-refractivity contribution < 1.29 is 8.91 Å². The van der Waals surface area contributed by atoms with Crippen LogP contribution in [0.25, 0.3) is 33.3 Å². The van der Waals surface area contributed by atoms with E-state index < -0.39 is 0 Å². The second-order valence-electron chi connectivity index (χ2n) is 7.60. The van der Waals surface area contributed by atoms with Crippen LogP contribution in [0.15, 0.2) is 53.6 Å². The highest BCUT2D eigenvalue weighted by molar-refractivity contribution is 6.31. The number of benzene rings is 1. The van der Waals surface area contributed by atoms with E-state index in [0.717, 1.165) is 44.7 Å². The van der Waals surface area contributed by atoms with Gasteiger partial charge in [0, 0.05) is 59.5 Å². The molecule has 1 aromatic carbocycles. The predicted octanol–water partition coefficient (Wildman–Crippen LogP) is 5.55. The summed E-state index contributed by atoms with van der Waals surface area (Å²) in [5, 5.41) is 8.86. The Labute approximate surface area is 182 Å². The average molecular weight is 436 g/mol. The lowest BCUT2D eigenvalue weighted by molar-refractivity contribution is 0.393. The Kier molecular flexibility index (Phi) is 4.63. The number of hydrogen-bond donors (Lipinski definition) is 0. The lowest BCUT2D eigenvalue weighted by Gasteiger charge is -2.09. The minimum absolute atomic E-state index is 0.321. The van der Waals surface area contributed by atoms with E-state index in [1.54, 1.807) is 16.9 Å². The van der Waals surface area contributed by atoms with Crippen LogP contribution >= 0.6 is 11.6 Å². The summed E-state index contributed by atoms with van der Waals surface area (Å²) >= 11 is 6.35. The SMILES string of the molecule is Cc1noc(C)c1-c1cnc2c(-c3cnn(C)c3)cn(Cc3cc(F)ccc3Cl)c2c1. The molecule has 4 heterocycles. The number of aryl methyl sites for hydroxylation is 3. The Morgan fingerprint density at radius 1 is 1.10 bits per heavy atom. The van der Waals surface area contributed by atoms with Gasteiger partial charge in [0.2, 0.25) is 0 Å². The molecule has 6 nitrogen and oxygen atoms in total. The van der Waals surface area contributed by atoms with Gasteiger partial charge in [0.25, 0.3) is 0 Å². The molecule has 0 saturated heterocycles. The molecule has 0 fully saturated rings. The van der Waals surface area contributed by atoms with Gasteiger partial charge in [0.15, 0.2) is 0 Å². The van der Waals surface area contributed by atoms with Crippen molar-refractivity contribution in [3.8, 4) is 22.3 Å². The Morgan fingerprint density at radius 2 is 1.94 bits per heavy atom. The van der Waals surface area contributed by atoms with E-state index in [0.29, 0.717) is 17.1 Å². The Morgan fingerprint density at radius 3 is 2.65 bits per heavy atom. The highest BCUT2D eigenvalue weighted by atomic mass is 35.5. The molecular weight excluding hydrogens is 417 g/mol. The van der Waals surface area contributed by atoms with Gasteiger partial charge in [-0.05, 0) is 43.7 Å². The molecule has 0 atom stereocenters. The van der Waals surface area contributed by atoms with E-state index in [-0.39, 0.29) is 5.82 Å². The molecule has 0 aliphatic heterocycles. The third-order valence-electron chi connectivity index (χ3n) is 5.40. The van der Waals surface area contributed by atoms with Gasteiger partial charge < -0.3 is 9.09 Å². The molecule has 5 rings (SSSR count). The van der Waals surface area contributed by atoms with Crippen LogP contribution in [0.5, 0.6) is 0 Å². The van der Waals surface area contributed by atoms with Crippen molar-refractivity contribution in [3.63, 3.8) is 0 Å². The monoisotopic (exact) mass is 435 g/mol. The molecular formula is C23H19ClFN5O. The Bertz CT molecular complexity index is 1410. The van der Waals surface area contributed by atoms with Crippen molar-refractivity contribution in [2.45, 2.75) is 20.4 Å². The topological polar surface area (TPSA) is 61.7 Å². The van der Waals surface area contributed by atoms with Gasteiger partial charge in [-0.15, -0.1) is 0 Å². The maximum atomic E-state index is 13.9. The van der Waals surface area contributed by atoms with Crippen LogP contribution in [0.1, 0.15) is 17.0 Å². The van der Waals surface area contributed by atoms with Gasteiger partial charge in [0.05, 0.1) is 22.9 Å². The maximum absolute atomic E-state index is 13.9. The van der Waals surface area contributed by atoms with Crippen molar-refractivity contribution in [1.29, 1.82) is 0 Å². The van der Waals surface area contributed by atoms with Crippen molar-refractivity contribution in [3.05, 3.63) is 76.9 Å². The largest absolute Gasteiger partial charge is 0.361 e. The van der Waals surface area contributed by atoms with Gasteiger partial charge >= 0.3 is 0 Å². The first-order chi connectivity index (χ1) is 14.9. The summed E-state index contributed by atoms with van der Waals surface area (Å²) in [6, 6.07) is 6.46. The molecule has 156 valence electrons. The summed E-state index contributed by atoms with van der Waals surface area (Å²) in [5.41, 5.74) is 6.96. The van der Waals surface area contributed by atoms with Gasteiger partial charge in [-0.3, -0.25) is 9.67 Å². The molecule has 8 heteroatoms. The second-order valence-corrected chi connectivity index (χ2v) is 8.01. The number of nitrogens with zero attached hydrogens (tertiary/aromatic N) is 5. The summed E-state index contributed by atoms with van der Waals surface area (Å²) in [6.45, 7) is 4.19. The van der Waals surface area contributed by atoms with Gasteiger partial charge in [0.1, 0.15) is 11.6 Å². The number of halogens is 2. The first kappa shape index (κ1) is 19.5. The Balaban J connectivity index is 1.72. The number of aromatic nitrogens is 5. The summed E-state index contributed by atoms with van der Waals surface area (Å²) in [7, 11) is 1.87. The molecule has 4 aromatic heterocycles. The number of pyridine rings is 1. The third kappa shape index (κ3) is 3.41. The summed E-state index contributed by atoms with van der Waals surface area (Å²) < 4.78 is 23.0. The molecule has 0 aliphatic carbocycles. The van der Waals surface area contributed by atoms with Gasteiger partial charge in [-0.25, -0.2) is 4.39 Å². The minimum Gasteiger partial charge on any atom is -0.361 e. The van der Waals surface area contributed by atoms with Crippen LogP contribution in [0, 0.1) is 19.7 Å². The zero-order valence-corrected chi connectivity index (χ0v) is 18.0. The molecule has 0 aliphatic rings. The van der Waals surface area contributed by atoms with Gasteiger partial charge in [-0.2, -0.15) is 5.10 Å². The predicted molar refractivity (Wildman–Crippen MR) is 117 cm³/mol. The van der Waals surface area contributed by atoms with E-state index in [2.05, 4.69) is 16.3 Å². The van der Waals surface area contributed by atoms with Crippen LogP contribution in [-0.2, 0) is 13.6 Å². The van der Waals surface area contributed by atoms with Crippen molar-refractivity contribution in [1.82, 2.24) is 24.5 Å². The molecule has 5 aromatic rings.